The number of aryl methyl sites for hydroxylation is 1. The van der Waals surface area contributed by atoms with Crippen LogP contribution in [-0.4, -0.2) is 40.1 Å². The number of ether oxygens (including phenoxy) is 1. The summed E-state index contributed by atoms with van der Waals surface area (Å²) in [4.78, 5) is 0. The van der Waals surface area contributed by atoms with E-state index in [1.165, 1.54) is 43.3 Å². The van der Waals surface area contributed by atoms with Crippen molar-refractivity contribution in [3.8, 4) is 11.5 Å². The van der Waals surface area contributed by atoms with Crippen LogP contribution in [0.2, 0.25) is 0 Å². The molecule has 0 aliphatic carbocycles. The number of benzene rings is 3. The van der Waals surface area contributed by atoms with Gasteiger partial charge in [-0.25, -0.2) is 25.6 Å². The van der Waals surface area contributed by atoms with Crippen molar-refractivity contribution in [1.82, 2.24) is 0 Å². The lowest BCUT2D eigenvalue weighted by Gasteiger charge is -2.19. The van der Waals surface area contributed by atoms with Crippen LogP contribution in [0.15, 0.2) is 54.6 Å². The van der Waals surface area contributed by atoms with Crippen molar-refractivity contribution < 1.29 is 35.5 Å². The fraction of sp³-hybridized carbons (Fsp3) is 0.217. The highest BCUT2D eigenvalue weighted by Crippen LogP contribution is 2.40. The highest BCUT2D eigenvalue weighted by Gasteiger charge is 2.21. The molecular weight excluding hydrogens is 516 g/mol. The Morgan fingerprint density at radius 1 is 0.917 bits per heavy atom. The summed E-state index contributed by atoms with van der Waals surface area (Å²) in [5.41, 5.74) is 0.370. The summed E-state index contributed by atoms with van der Waals surface area (Å²) in [7, 11) is -7.69. The highest BCUT2D eigenvalue weighted by molar-refractivity contribution is 7.93. The Kier molecular flexibility index (Phi) is 8.38. The summed E-state index contributed by atoms with van der Waals surface area (Å²) in [5, 5.41) is 11.8. The number of hydrogen-bond donors (Lipinski definition) is 4. The van der Waals surface area contributed by atoms with Crippen LogP contribution in [0.4, 0.5) is 31.5 Å². The maximum absolute atomic E-state index is 14.6. The molecule has 13 heteroatoms. The van der Waals surface area contributed by atoms with Crippen LogP contribution in [-0.2, 0) is 20.0 Å². The van der Waals surface area contributed by atoms with E-state index in [0.29, 0.717) is 5.56 Å². The predicted molar refractivity (Wildman–Crippen MR) is 135 cm³/mol. The van der Waals surface area contributed by atoms with Crippen LogP contribution in [0, 0.1) is 18.6 Å². The van der Waals surface area contributed by atoms with Gasteiger partial charge in [0.2, 0.25) is 20.0 Å². The minimum absolute atomic E-state index is 0.0456. The number of aliphatic hydroxyl groups excluding tert-OH is 1. The van der Waals surface area contributed by atoms with E-state index in [4.69, 9.17) is 9.84 Å². The Bertz CT molecular complexity index is 1460. The number of anilines is 4. The van der Waals surface area contributed by atoms with Crippen LogP contribution in [0.5, 0.6) is 11.5 Å². The molecule has 0 fully saturated rings. The molecule has 0 saturated heterocycles. The highest BCUT2D eigenvalue weighted by atomic mass is 32.2. The second kappa shape index (κ2) is 11.1. The number of rotatable bonds is 11. The van der Waals surface area contributed by atoms with E-state index in [0.717, 1.165) is 12.1 Å². The van der Waals surface area contributed by atoms with Gasteiger partial charge in [-0.05, 0) is 49.7 Å². The van der Waals surface area contributed by atoms with Crippen LogP contribution >= 0.6 is 0 Å². The first-order valence-electron chi connectivity index (χ1n) is 10.7. The van der Waals surface area contributed by atoms with Gasteiger partial charge in [-0.3, -0.25) is 9.44 Å². The Hall–Kier alpha value is -3.42. The van der Waals surface area contributed by atoms with Crippen molar-refractivity contribution in [3.05, 3.63) is 71.8 Å². The lowest BCUT2D eigenvalue weighted by atomic mass is 10.2. The zero-order chi connectivity index (χ0) is 26.5. The van der Waals surface area contributed by atoms with Gasteiger partial charge in [0.05, 0.1) is 35.2 Å². The summed E-state index contributed by atoms with van der Waals surface area (Å²) in [6, 6.07) is 11.9. The van der Waals surface area contributed by atoms with Crippen molar-refractivity contribution in [2.24, 2.45) is 0 Å². The van der Waals surface area contributed by atoms with Crippen LogP contribution in [0.1, 0.15) is 12.5 Å². The lowest BCUT2D eigenvalue weighted by molar-refractivity contribution is 0.320. The van der Waals surface area contributed by atoms with Gasteiger partial charge in [0, 0.05) is 12.1 Å². The maximum Gasteiger partial charge on any atom is 0.235 e. The van der Waals surface area contributed by atoms with E-state index in [2.05, 4.69) is 14.8 Å². The fourth-order valence-corrected chi connectivity index (χ4v) is 4.56. The average Bonchev–Trinajstić information content (AvgIpc) is 2.78. The first kappa shape index (κ1) is 27.2. The molecule has 0 unspecified atom stereocenters. The monoisotopic (exact) mass is 541 g/mol. The van der Waals surface area contributed by atoms with Gasteiger partial charge in [-0.2, -0.15) is 0 Å². The SMILES string of the molecule is CCS(=O)(=O)Nc1cccc(Oc2cc(F)cc(Nc3ccc(C)cc3F)c2NS(=O)(=O)CCO)c1. The van der Waals surface area contributed by atoms with Crippen LogP contribution in [0.25, 0.3) is 0 Å². The normalized spacial score (nSPS) is 11.7. The molecule has 0 radical (unpaired) electrons. The Morgan fingerprint density at radius 3 is 2.33 bits per heavy atom. The molecule has 0 aliphatic rings. The Labute approximate surface area is 208 Å². The van der Waals surface area contributed by atoms with Gasteiger partial charge >= 0.3 is 0 Å². The lowest BCUT2D eigenvalue weighted by Crippen LogP contribution is -2.20. The van der Waals surface area contributed by atoms with Crippen molar-refractivity contribution in [1.29, 1.82) is 0 Å². The molecular formula is C23H25F2N3O6S2. The number of halogens is 2. The fourth-order valence-electron chi connectivity index (χ4n) is 3.06. The summed E-state index contributed by atoms with van der Waals surface area (Å²) < 4.78 is 88.1. The first-order chi connectivity index (χ1) is 16.9. The summed E-state index contributed by atoms with van der Waals surface area (Å²) in [6.07, 6.45) is 0. The molecule has 194 valence electrons. The minimum atomic E-state index is -4.11. The summed E-state index contributed by atoms with van der Waals surface area (Å²) >= 11 is 0. The molecule has 0 heterocycles. The van der Waals surface area contributed by atoms with Crippen LogP contribution in [0.3, 0.4) is 0 Å². The molecule has 4 N–H and O–H groups in total. The molecule has 0 spiro atoms. The first-order valence-corrected chi connectivity index (χ1v) is 14.0. The molecule has 0 atom stereocenters. The van der Waals surface area contributed by atoms with Crippen molar-refractivity contribution in [2.75, 3.05) is 32.9 Å². The van der Waals surface area contributed by atoms with Crippen molar-refractivity contribution >= 4 is 42.8 Å². The quantitative estimate of drug-likeness (QED) is 0.284. The molecule has 0 saturated carbocycles. The second-order valence-corrected chi connectivity index (χ2v) is 11.6. The number of aliphatic hydroxyl groups is 1. The van der Waals surface area contributed by atoms with Crippen molar-refractivity contribution in [2.45, 2.75) is 13.8 Å². The van der Waals surface area contributed by atoms with Crippen molar-refractivity contribution in [3.63, 3.8) is 0 Å². The average molecular weight is 542 g/mol. The zero-order valence-electron chi connectivity index (χ0n) is 19.4. The largest absolute Gasteiger partial charge is 0.455 e. The third-order valence-electron chi connectivity index (χ3n) is 4.79. The molecule has 3 aromatic rings. The molecule has 9 nitrogen and oxygen atoms in total. The molecule has 0 aromatic heterocycles. The Morgan fingerprint density at radius 2 is 1.67 bits per heavy atom. The van der Waals surface area contributed by atoms with Gasteiger partial charge in [0.1, 0.15) is 23.1 Å². The molecule has 3 aromatic carbocycles. The van der Waals surface area contributed by atoms with Gasteiger partial charge in [0.15, 0.2) is 5.75 Å². The summed E-state index contributed by atoms with van der Waals surface area (Å²) in [5.74, 6) is -2.52. The molecule has 36 heavy (non-hydrogen) atoms. The number of nitrogens with one attached hydrogen (secondary N) is 3. The van der Waals surface area contributed by atoms with E-state index >= 15 is 0 Å². The predicted octanol–water partition coefficient (Wildman–Crippen LogP) is 4.30. The van der Waals surface area contributed by atoms with E-state index in [1.54, 1.807) is 13.0 Å². The summed E-state index contributed by atoms with van der Waals surface area (Å²) in [6.45, 7) is 2.47. The van der Waals surface area contributed by atoms with E-state index in [9.17, 15) is 25.6 Å². The third kappa shape index (κ3) is 7.29. The number of hydrogen-bond acceptors (Lipinski definition) is 7. The molecule has 0 amide bonds. The Balaban J connectivity index is 2.07. The topological polar surface area (TPSA) is 134 Å². The second-order valence-electron chi connectivity index (χ2n) is 7.71. The van der Waals surface area contributed by atoms with E-state index < -0.39 is 44.0 Å². The van der Waals surface area contributed by atoms with Crippen LogP contribution < -0.4 is 19.5 Å². The standard InChI is InChI=1S/C23H25F2N3O6S2/c1-3-35(30,31)27-17-5-4-6-18(14-17)34-22-13-16(24)12-21(23(22)28-36(32,33)10-9-29)26-20-8-7-15(2)11-19(20)25/h4-8,11-14,26-29H,3,9-10H2,1-2H3. The molecule has 3 rings (SSSR count). The molecule has 0 bridgehead atoms. The van der Waals surface area contributed by atoms with Gasteiger partial charge in [0.25, 0.3) is 0 Å². The van der Waals surface area contributed by atoms with Gasteiger partial charge in [-0.15, -0.1) is 0 Å². The van der Waals surface area contributed by atoms with Gasteiger partial charge < -0.3 is 15.2 Å². The smallest absolute Gasteiger partial charge is 0.235 e. The minimum Gasteiger partial charge on any atom is -0.455 e. The third-order valence-corrected chi connectivity index (χ3v) is 7.34. The maximum atomic E-state index is 14.6. The number of sulfonamides is 2. The van der Waals surface area contributed by atoms with Gasteiger partial charge in [-0.1, -0.05) is 12.1 Å². The van der Waals surface area contributed by atoms with E-state index in [1.807, 2.05) is 0 Å². The zero-order valence-corrected chi connectivity index (χ0v) is 21.0. The van der Waals surface area contributed by atoms with E-state index in [-0.39, 0.29) is 40.0 Å². The molecule has 0 aliphatic heterocycles.